The number of hydrogen-bond acceptors (Lipinski definition) is 5. The number of anilines is 2. The lowest BCUT2D eigenvalue weighted by Crippen LogP contribution is -2.17. The van der Waals surface area contributed by atoms with Crippen molar-refractivity contribution >= 4 is 17.3 Å². The van der Waals surface area contributed by atoms with Crippen molar-refractivity contribution in [2.24, 2.45) is 0 Å². The zero-order chi connectivity index (χ0) is 11.4. The molecule has 0 atom stereocenters. The highest BCUT2D eigenvalue weighted by Gasteiger charge is 2.12. The summed E-state index contributed by atoms with van der Waals surface area (Å²) in [6.07, 6.45) is 0. The van der Waals surface area contributed by atoms with Gasteiger partial charge in [0.15, 0.2) is 0 Å². The van der Waals surface area contributed by atoms with Crippen LogP contribution < -0.4 is 10.2 Å². The Kier molecular flexibility index (Phi) is 3.43. The molecule has 0 aliphatic carbocycles. The number of rotatable bonds is 4. The van der Waals surface area contributed by atoms with Crippen molar-refractivity contribution < 1.29 is 4.92 Å². The SMILES string of the molecule is CCN(C)c1cc([N+](=O)[O-])cc(NC)n1. The molecule has 0 unspecified atom stereocenters. The second kappa shape index (κ2) is 4.59. The van der Waals surface area contributed by atoms with Gasteiger partial charge in [-0.3, -0.25) is 10.1 Å². The lowest BCUT2D eigenvalue weighted by molar-refractivity contribution is -0.384. The largest absolute Gasteiger partial charge is 0.373 e. The molecule has 1 aromatic heterocycles. The van der Waals surface area contributed by atoms with E-state index in [0.29, 0.717) is 11.6 Å². The maximum Gasteiger partial charge on any atom is 0.276 e. The first kappa shape index (κ1) is 11.2. The van der Waals surface area contributed by atoms with E-state index in [0.717, 1.165) is 6.54 Å². The smallest absolute Gasteiger partial charge is 0.276 e. The van der Waals surface area contributed by atoms with Gasteiger partial charge in [-0.05, 0) is 6.92 Å². The molecule has 0 bridgehead atoms. The van der Waals surface area contributed by atoms with Crippen LogP contribution in [0.1, 0.15) is 6.92 Å². The number of nitrogens with one attached hydrogen (secondary N) is 1. The van der Waals surface area contributed by atoms with Gasteiger partial charge >= 0.3 is 0 Å². The number of aromatic nitrogens is 1. The van der Waals surface area contributed by atoms with E-state index in [1.54, 1.807) is 7.05 Å². The van der Waals surface area contributed by atoms with Crippen LogP contribution in [0, 0.1) is 10.1 Å². The minimum absolute atomic E-state index is 0.0460. The van der Waals surface area contributed by atoms with Crippen molar-refractivity contribution in [2.45, 2.75) is 6.92 Å². The second-order valence-corrected chi connectivity index (χ2v) is 3.09. The maximum absolute atomic E-state index is 10.7. The summed E-state index contributed by atoms with van der Waals surface area (Å²) in [5, 5.41) is 13.5. The molecule has 0 saturated heterocycles. The molecule has 1 rings (SSSR count). The predicted octanol–water partition coefficient (Wildman–Crippen LogP) is 1.49. The molecular formula is C9H14N4O2. The van der Waals surface area contributed by atoms with E-state index >= 15 is 0 Å². The molecule has 0 spiro atoms. The first-order valence-electron chi connectivity index (χ1n) is 4.63. The van der Waals surface area contributed by atoms with E-state index in [2.05, 4.69) is 10.3 Å². The minimum Gasteiger partial charge on any atom is -0.373 e. The van der Waals surface area contributed by atoms with Crippen molar-refractivity contribution in [1.29, 1.82) is 0 Å². The molecule has 1 aromatic rings. The Bertz CT molecular complexity index is 367. The fraction of sp³-hybridized carbons (Fsp3) is 0.444. The van der Waals surface area contributed by atoms with E-state index < -0.39 is 4.92 Å². The van der Waals surface area contributed by atoms with Crippen molar-refractivity contribution in [1.82, 2.24) is 4.98 Å². The molecule has 15 heavy (non-hydrogen) atoms. The van der Waals surface area contributed by atoms with Gasteiger partial charge in [-0.25, -0.2) is 4.98 Å². The summed E-state index contributed by atoms with van der Waals surface area (Å²) in [4.78, 5) is 16.3. The Hall–Kier alpha value is -1.85. The Morgan fingerprint density at radius 3 is 2.73 bits per heavy atom. The Balaban J connectivity index is 3.16. The van der Waals surface area contributed by atoms with Crippen LogP contribution in [0.15, 0.2) is 12.1 Å². The third-order valence-electron chi connectivity index (χ3n) is 2.13. The molecule has 0 aliphatic heterocycles. The molecule has 0 radical (unpaired) electrons. The minimum atomic E-state index is -0.421. The maximum atomic E-state index is 10.7. The summed E-state index contributed by atoms with van der Waals surface area (Å²) in [5.74, 6) is 1.09. The quantitative estimate of drug-likeness (QED) is 0.602. The van der Waals surface area contributed by atoms with Gasteiger partial charge in [0.1, 0.15) is 11.6 Å². The molecule has 0 aromatic carbocycles. The monoisotopic (exact) mass is 210 g/mol. The first-order chi connectivity index (χ1) is 7.08. The molecule has 6 heteroatoms. The number of hydrogen-bond donors (Lipinski definition) is 1. The predicted molar refractivity (Wildman–Crippen MR) is 59.4 cm³/mol. The normalized spacial score (nSPS) is 9.80. The van der Waals surface area contributed by atoms with Crippen molar-refractivity contribution in [2.75, 3.05) is 30.9 Å². The van der Waals surface area contributed by atoms with Gasteiger partial charge < -0.3 is 10.2 Å². The molecule has 0 fully saturated rings. The fourth-order valence-corrected chi connectivity index (χ4v) is 1.09. The van der Waals surface area contributed by atoms with Gasteiger partial charge in [0, 0.05) is 20.6 Å². The second-order valence-electron chi connectivity index (χ2n) is 3.09. The summed E-state index contributed by atoms with van der Waals surface area (Å²) in [5.41, 5.74) is 0.0460. The lowest BCUT2D eigenvalue weighted by atomic mass is 10.3. The van der Waals surface area contributed by atoms with E-state index in [-0.39, 0.29) is 5.69 Å². The van der Waals surface area contributed by atoms with Gasteiger partial charge in [-0.2, -0.15) is 0 Å². The highest BCUT2D eigenvalue weighted by atomic mass is 16.6. The Morgan fingerprint density at radius 1 is 1.60 bits per heavy atom. The van der Waals surface area contributed by atoms with Crippen LogP contribution in [0.3, 0.4) is 0 Å². The fourth-order valence-electron chi connectivity index (χ4n) is 1.09. The third-order valence-corrected chi connectivity index (χ3v) is 2.13. The van der Waals surface area contributed by atoms with Crippen LogP contribution in [0.2, 0.25) is 0 Å². The topological polar surface area (TPSA) is 71.3 Å². The summed E-state index contributed by atoms with van der Waals surface area (Å²) < 4.78 is 0. The van der Waals surface area contributed by atoms with Crippen molar-refractivity contribution in [3.63, 3.8) is 0 Å². The van der Waals surface area contributed by atoms with Crippen molar-refractivity contribution in [3.05, 3.63) is 22.2 Å². The van der Waals surface area contributed by atoms with Crippen LogP contribution in [0.4, 0.5) is 17.3 Å². The standard InChI is InChI=1S/C9H14N4O2/c1-4-12(3)9-6-7(13(14)15)5-8(10-2)11-9/h5-6H,4H2,1-3H3,(H,10,11). The molecule has 82 valence electrons. The zero-order valence-corrected chi connectivity index (χ0v) is 9.02. The van der Waals surface area contributed by atoms with E-state index in [9.17, 15) is 10.1 Å². The Labute approximate surface area is 88.1 Å². The zero-order valence-electron chi connectivity index (χ0n) is 9.02. The molecular weight excluding hydrogens is 196 g/mol. The molecule has 0 amide bonds. The van der Waals surface area contributed by atoms with Crippen molar-refractivity contribution in [3.8, 4) is 0 Å². The number of nitro groups is 1. The highest BCUT2D eigenvalue weighted by molar-refractivity contribution is 5.55. The Morgan fingerprint density at radius 2 is 2.27 bits per heavy atom. The molecule has 6 nitrogen and oxygen atoms in total. The van der Waals surface area contributed by atoms with Crippen LogP contribution in [-0.4, -0.2) is 30.5 Å². The number of nitrogens with zero attached hydrogens (tertiary/aromatic N) is 3. The first-order valence-corrected chi connectivity index (χ1v) is 4.63. The van der Waals surface area contributed by atoms with Gasteiger partial charge in [0.25, 0.3) is 5.69 Å². The van der Waals surface area contributed by atoms with E-state index in [1.165, 1.54) is 12.1 Å². The number of pyridine rings is 1. The third kappa shape index (κ3) is 2.55. The van der Waals surface area contributed by atoms with Crippen LogP contribution in [-0.2, 0) is 0 Å². The van der Waals surface area contributed by atoms with E-state index in [4.69, 9.17) is 0 Å². The highest BCUT2D eigenvalue weighted by Crippen LogP contribution is 2.22. The average Bonchev–Trinajstić information content (AvgIpc) is 2.27. The summed E-state index contributed by atoms with van der Waals surface area (Å²) >= 11 is 0. The van der Waals surface area contributed by atoms with Gasteiger partial charge in [0.2, 0.25) is 0 Å². The van der Waals surface area contributed by atoms with Gasteiger partial charge in [-0.1, -0.05) is 0 Å². The molecule has 0 aliphatic rings. The van der Waals surface area contributed by atoms with Gasteiger partial charge in [-0.15, -0.1) is 0 Å². The summed E-state index contributed by atoms with van der Waals surface area (Å²) in [7, 11) is 3.52. The average molecular weight is 210 g/mol. The lowest BCUT2D eigenvalue weighted by Gasteiger charge is -2.15. The molecule has 0 saturated carbocycles. The summed E-state index contributed by atoms with van der Waals surface area (Å²) in [6.45, 7) is 2.71. The van der Waals surface area contributed by atoms with E-state index in [1.807, 2.05) is 18.9 Å². The van der Waals surface area contributed by atoms with Gasteiger partial charge in [0.05, 0.1) is 17.1 Å². The van der Waals surface area contributed by atoms with Crippen LogP contribution >= 0.6 is 0 Å². The molecule has 1 heterocycles. The van der Waals surface area contributed by atoms with Crippen LogP contribution in [0.25, 0.3) is 0 Å². The molecule has 1 N–H and O–H groups in total. The summed E-state index contributed by atoms with van der Waals surface area (Å²) in [6, 6.07) is 2.87. The van der Waals surface area contributed by atoms with Crippen LogP contribution in [0.5, 0.6) is 0 Å².